The van der Waals surface area contributed by atoms with Gasteiger partial charge in [0.2, 0.25) is 0 Å². The van der Waals surface area contributed by atoms with Crippen LogP contribution in [-0.2, 0) is 10.8 Å². The van der Waals surface area contributed by atoms with Crippen molar-refractivity contribution in [3.05, 3.63) is 242 Å². The molecule has 0 radical (unpaired) electrons. The van der Waals surface area contributed by atoms with Gasteiger partial charge in [0.1, 0.15) is 39.1 Å². The molecule has 0 N–H and O–H groups in total. The molecule has 0 amide bonds. The molecular formula is C74H56N2O4. The van der Waals surface area contributed by atoms with Gasteiger partial charge in [0.05, 0.1) is 23.0 Å². The first kappa shape index (κ1) is 47.4. The van der Waals surface area contributed by atoms with Crippen molar-refractivity contribution in [2.45, 2.75) is 52.4 Å². The molecule has 0 fully saturated rings. The van der Waals surface area contributed by atoms with Crippen molar-refractivity contribution in [3.8, 4) is 22.3 Å². The Hall–Kier alpha value is -9.78. The van der Waals surface area contributed by atoms with Gasteiger partial charge in [0, 0.05) is 78.3 Å². The van der Waals surface area contributed by atoms with Gasteiger partial charge in [0.15, 0.2) is 0 Å². The van der Waals surface area contributed by atoms with E-state index in [4.69, 9.17) is 17.7 Å². The van der Waals surface area contributed by atoms with E-state index in [1.165, 1.54) is 11.1 Å². The normalized spacial score (nSPS) is 12.4. The fraction of sp³-hybridized carbons (Fsp3) is 0.108. The van der Waals surface area contributed by atoms with Gasteiger partial charge < -0.3 is 27.5 Å². The summed E-state index contributed by atoms with van der Waals surface area (Å²) in [5, 5.41) is 9.45. The summed E-state index contributed by atoms with van der Waals surface area (Å²) in [6.07, 6.45) is 1.78. The summed E-state index contributed by atoms with van der Waals surface area (Å²) in [5.41, 5.74) is 18.8. The van der Waals surface area contributed by atoms with E-state index in [0.717, 1.165) is 144 Å². The zero-order chi connectivity index (χ0) is 54.0. The third kappa shape index (κ3) is 7.77. The molecule has 386 valence electrons. The maximum atomic E-state index is 6.96. The van der Waals surface area contributed by atoms with Crippen LogP contribution in [0.3, 0.4) is 0 Å². The molecule has 0 aliphatic carbocycles. The van der Waals surface area contributed by atoms with Crippen LogP contribution < -0.4 is 9.80 Å². The van der Waals surface area contributed by atoms with E-state index < -0.39 is 0 Å². The number of benzene rings is 11. The van der Waals surface area contributed by atoms with Gasteiger partial charge >= 0.3 is 0 Å². The smallest absolute Gasteiger partial charge is 0.137 e. The second kappa shape index (κ2) is 17.9. The number of anilines is 6. The fourth-order valence-corrected chi connectivity index (χ4v) is 12.1. The minimum absolute atomic E-state index is 0.00203. The summed E-state index contributed by atoms with van der Waals surface area (Å²) >= 11 is 0. The molecule has 4 heterocycles. The Labute approximate surface area is 463 Å². The zero-order valence-corrected chi connectivity index (χ0v) is 45.5. The SMILES string of the molecule is CC(C)(C)c1ccc(N(c2ccc3c(c2)oc2cc4cc5c(cc4cc23)oc2cc(N(c3ccc(C(C)(C)C)cc3)c3c(-c4ccccc4)ccc4oc6ccccc6c34)ccc25)c2c(-c3ccccc3)ccc3occc23)cc1. The molecule has 80 heavy (non-hydrogen) atoms. The van der Waals surface area contributed by atoms with Crippen LogP contribution in [0.15, 0.2) is 248 Å². The van der Waals surface area contributed by atoms with Gasteiger partial charge in [-0.1, -0.05) is 145 Å². The van der Waals surface area contributed by atoms with Crippen LogP contribution in [0.1, 0.15) is 52.7 Å². The Morgan fingerprint density at radius 3 is 1.29 bits per heavy atom. The number of fused-ring (bicyclic) bond motifs is 11. The molecule has 0 saturated heterocycles. The Balaban J connectivity index is 0.872. The predicted octanol–water partition coefficient (Wildman–Crippen LogP) is 22.2. The van der Waals surface area contributed by atoms with Gasteiger partial charge in [-0.15, -0.1) is 0 Å². The molecule has 15 rings (SSSR count). The summed E-state index contributed by atoms with van der Waals surface area (Å²) < 4.78 is 26.5. The van der Waals surface area contributed by atoms with Crippen molar-refractivity contribution < 1.29 is 17.7 Å². The molecule has 11 aromatic carbocycles. The summed E-state index contributed by atoms with van der Waals surface area (Å²) in [4.78, 5) is 4.74. The Kier molecular flexibility index (Phi) is 10.6. The van der Waals surface area contributed by atoms with Crippen molar-refractivity contribution in [3.63, 3.8) is 0 Å². The Morgan fingerprint density at radius 2 is 0.750 bits per heavy atom. The summed E-state index contributed by atoms with van der Waals surface area (Å²) in [6.45, 7) is 13.5. The maximum absolute atomic E-state index is 6.96. The monoisotopic (exact) mass is 1040 g/mol. The fourth-order valence-electron chi connectivity index (χ4n) is 12.1. The van der Waals surface area contributed by atoms with E-state index in [1.807, 2.05) is 6.07 Å². The molecule has 0 spiro atoms. The van der Waals surface area contributed by atoms with Gasteiger partial charge in [0.25, 0.3) is 0 Å². The van der Waals surface area contributed by atoms with Crippen LogP contribution in [0, 0.1) is 0 Å². The van der Waals surface area contributed by atoms with Crippen molar-refractivity contribution in [1.82, 2.24) is 0 Å². The highest BCUT2D eigenvalue weighted by molar-refractivity contribution is 6.19. The second-order valence-electron chi connectivity index (χ2n) is 23.3. The molecule has 0 atom stereocenters. The average Bonchev–Trinajstić information content (AvgIpc) is 4.39. The van der Waals surface area contributed by atoms with Crippen molar-refractivity contribution in [2.75, 3.05) is 9.80 Å². The van der Waals surface area contributed by atoms with E-state index >= 15 is 0 Å². The number of furan rings is 4. The van der Waals surface area contributed by atoms with Crippen LogP contribution in [0.2, 0.25) is 0 Å². The molecule has 0 unspecified atom stereocenters. The van der Waals surface area contributed by atoms with Crippen LogP contribution in [0.5, 0.6) is 0 Å². The van der Waals surface area contributed by atoms with E-state index in [2.05, 4.69) is 270 Å². The Bertz CT molecular complexity index is 4890. The number of nitrogens with zero attached hydrogens (tertiary/aromatic N) is 2. The van der Waals surface area contributed by atoms with Gasteiger partial charge in [-0.05, 0) is 153 Å². The van der Waals surface area contributed by atoms with Crippen molar-refractivity contribution in [2.24, 2.45) is 0 Å². The molecular weight excluding hydrogens is 981 g/mol. The maximum Gasteiger partial charge on any atom is 0.137 e. The third-order valence-electron chi connectivity index (χ3n) is 16.2. The highest BCUT2D eigenvalue weighted by atomic mass is 16.3. The standard InChI is InChI=1S/C74H56N2O4/c1-73(2,3)49-21-25-51(26-22-49)75(71-55(45-15-9-7-10-16-45)33-35-63-60(71)37-38-77-63)53-29-31-57-61-39-47-42-67-62(40-48(47)41-66(61)79-68(57)43-53)58-32-30-54(44-69(58)80-67)76(52-27-23-50(24-28-52)74(4,5)6)72-56(46-17-11-8-12-18-46)34-36-65-70(72)59-19-13-14-20-64(59)78-65/h7-44H,1-6H3. The highest BCUT2D eigenvalue weighted by Gasteiger charge is 2.27. The van der Waals surface area contributed by atoms with Gasteiger partial charge in [-0.2, -0.15) is 0 Å². The van der Waals surface area contributed by atoms with E-state index in [-0.39, 0.29) is 10.8 Å². The van der Waals surface area contributed by atoms with Crippen molar-refractivity contribution in [1.29, 1.82) is 0 Å². The predicted molar refractivity (Wildman–Crippen MR) is 333 cm³/mol. The summed E-state index contributed by atoms with van der Waals surface area (Å²) in [7, 11) is 0. The first-order chi connectivity index (χ1) is 38.9. The topological polar surface area (TPSA) is 59.0 Å². The summed E-state index contributed by atoms with van der Waals surface area (Å²) in [5.74, 6) is 0. The lowest BCUT2D eigenvalue weighted by Gasteiger charge is -2.29. The first-order valence-corrected chi connectivity index (χ1v) is 27.5. The van der Waals surface area contributed by atoms with E-state index in [0.29, 0.717) is 0 Å². The van der Waals surface area contributed by atoms with E-state index in [9.17, 15) is 0 Å². The van der Waals surface area contributed by atoms with Crippen LogP contribution in [0.25, 0.3) is 110 Å². The lowest BCUT2D eigenvalue weighted by molar-refractivity contribution is 0.590. The lowest BCUT2D eigenvalue weighted by Crippen LogP contribution is -2.14. The molecule has 6 nitrogen and oxygen atoms in total. The molecule has 0 bridgehead atoms. The van der Waals surface area contributed by atoms with Crippen LogP contribution in [-0.4, -0.2) is 0 Å². The number of hydrogen-bond donors (Lipinski definition) is 0. The molecule has 0 aliphatic heterocycles. The lowest BCUT2D eigenvalue weighted by atomic mass is 9.87. The van der Waals surface area contributed by atoms with Gasteiger partial charge in [-0.25, -0.2) is 0 Å². The van der Waals surface area contributed by atoms with Crippen molar-refractivity contribution >= 4 is 122 Å². The minimum atomic E-state index is -0.0120. The molecule has 15 aromatic rings. The first-order valence-electron chi connectivity index (χ1n) is 27.5. The molecule has 6 heteroatoms. The third-order valence-corrected chi connectivity index (χ3v) is 16.2. The molecule has 4 aromatic heterocycles. The molecule has 0 saturated carbocycles. The van der Waals surface area contributed by atoms with Crippen LogP contribution >= 0.6 is 0 Å². The Morgan fingerprint density at radius 1 is 0.300 bits per heavy atom. The largest absolute Gasteiger partial charge is 0.464 e. The second-order valence-corrected chi connectivity index (χ2v) is 23.3. The quantitative estimate of drug-likeness (QED) is 0.151. The number of rotatable bonds is 8. The zero-order valence-electron chi connectivity index (χ0n) is 45.5. The van der Waals surface area contributed by atoms with E-state index in [1.54, 1.807) is 6.26 Å². The highest BCUT2D eigenvalue weighted by Crippen LogP contribution is 2.51. The minimum Gasteiger partial charge on any atom is -0.464 e. The molecule has 0 aliphatic rings. The number of para-hydroxylation sites is 1. The summed E-state index contributed by atoms with van der Waals surface area (Å²) in [6, 6.07) is 80.3. The average molecular weight is 1040 g/mol. The van der Waals surface area contributed by atoms with Gasteiger partial charge in [-0.3, -0.25) is 0 Å². The van der Waals surface area contributed by atoms with Crippen LogP contribution in [0.4, 0.5) is 34.1 Å². The number of hydrogen-bond acceptors (Lipinski definition) is 6.